The Balaban J connectivity index is 1.66. The molecule has 2 aromatic carbocycles. The van der Waals surface area contributed by atoms with Gasteiger partial charge >= 0.3 is 0 Å². The molecule has 0 atom stereocenters. The second-order valence-electron chi connectivity index (χ2n) is 7.18. The summed E-state index contributed by atoms with van der Waals surface area (Å²) < 4.78 is 13.1. The van der Waals surface area contributed by atoms with Crippen molar-refractivity contribution in [3.8, 4) is 11.5 Å². The van der Waals surface area contributed by atoms with Crippen LogP contribution >= 0.6 is 0 Å². The average molecular weight is 405 g/mol. The predicted octanol–water partition coefficient (Wildman–Crippen LogP) is 3.99. The minimum absolute atomic E-state index is 0.0889. The quantitative estimate of drug-likeness (QED) is 0.532. The number of ether oxygens (including phenoxy) is 2. The Labute approximate surface area is 177 Å². The topological polar surface area (TPSA) is 56.6 Å². The van der Waals surface area contributed by atoms with Crippen molar-refractivity contribution in [3.63, 3.8) is 0 Å². The number of carbonyl (C=O) groups excluding carboxylic acids is 1. The largest absolute Gasteiger partial charge is 0.496 e. The standard InChI is InChI=1S/C24H27N3O3/c1-18-6-5-7-22(14-18)30-17-20-15-19(8-10-23(20)29-4)9-11-24(28)26(2)16-21-12-13-27(3)25-21/h5-15H,16-17H2,1-4H3/b11-9+. The van der Waals surface area contributed by atoms with Crippen molar-refractivity contribution >= 4 is 12.0 Å². The molecule has 6 heteroatoms. The lowest BCUT2D eigenvalue weighted by molar-refractivity contribution is -0.125. The Bertz CT molecular complexity index is 1040. The Morgan fingerprint density at radius 3 is 2.73 bits per heavy atom. The predicted molar refractivity (Wildman–Crippen MR) is 117 cm³/mol. The van der Waals surface area contributed by atoms with E-state index in [1.165, 1.54) is 0 Å². The van der Waals surface area contributed by atoms with Gasteiger partial charge in [0.2, 0.25) is 5.91 Å². The fraction of sp³-hybridized carbons (Fsp3) is 0.250. The molecule has 0 spiro atoms. The molecule has 0 aliphatic rings. The lowest BCUT2D eigenvalue weighted by atomic mass is 10.1. The van der Waals surface area contributed by atoms with E-state index in [4.69, 9.17) is 9.47 Å². The molecule has 6 nitrogen and oxygen atoms in total. The van der Waals surface area contributed by atoms with Crippen LogP contribution in [0.25, 0.3) is 6.08 Å². The summed E-state index contributed by atoms with van der Waals surface area (Å²) in [7, 11) is 5.25. The highest BCUT2D eigenvalue weighted by atomic mass is 16.5. The maximum atomic E-state index is 12.4. The first-order valence-electron chi connectivity index (χ1n) is 9.72. The summed E-state index contributed by atoms with van der Waals surface area (Å²) in [5.41, 5.74) is 3.81. The number of aryl methyl sites for hydroxylation is 2. The van der Waals surface area contributed by atoms with Crippen molar-refractivity contribution in [3.05, 3.63) is 83.2 Å². The Hall–Kier alpha value is -3.54. The highest BCUT2D eigenvalue weighted by molar-refractivity contribution is 5.91. The van der Waals surface area contributed by atoms with Crippen LogP contribution in [0.1, 0.15) is 22.4 Å². The molecule has 0 saturated carbocycles. The van der Waals surface area contributed by atoms with E-state index < -0.39 is 0 Å². The number of hydrogen-bond acceptors (Lipinski definition) is 4. The molecule has 1 amide bonds. The maximum Gasteiger partial charge on any atom is 0.246 e. The van der Waals surface area contributed by atoms with Crippen molar-refractivity contribution in [2.24, 2.45) is 7.05 Å². The molecule has 0 N–H and O–H groups in total. The van der Waals surface area contributed by atoms with Gasteiger partial charge in [-0.25, -0.2) is 0 Å². The first-order valence-corrected chi connectivity index (χ1v) is 9.72. The van der Waals surface area contributed by atoms with Gasteiger partial charge in [0, 0.05) is 31.9 Å². The van der Waals surface area contributed by atoms with Gasteiger partial charge in [0.1, 0.15) is 18.1 Å². The number of amides is 1. The number of hydrogen-bond donors (Lipinski definition) is 0. The van der Waals surface area contributed by atoms with Gasteiger partial charge in [-0.1, -0.05) is 18.2 Å². The molecule has 0 aliphatic heterocycles. The maximum absolute atomic E-state index is 12.4. The smallest absolute Gasteiger partial charge is 0.246 e. The van der Waals surface area contributed by atoms with Crippen LogP contribution in [-0.2, 0) is 25.0 Å². The highest BCUT2D eigenvalue weighted by Gasteiger charge is 2.09. The van der Waals surface area contributed by atoms with Gasteiger partial charge in [0.15, 0.2) is 0 Å². The number of likely N-dealkylation sites (N-methyl/N-ethyl adjacent to an activating group) is 1. The minimum Gasteiger partial charge on any atom is -0.496 e. The number of nitrogens with zero attached hydrogens (tertiary/aromatic N) is 3. The number of rotatable bonds is 8. The third-order valence-electron chi connectivity index (χ3n) is 4.65. The monoisotopic (exact) mass is 405 g/mol. The molecule has 0 radical (unpaired) electrons. The van der Waals surface area contributed by atoms with Gasteiger partial charge in [-0.15, -0.1) is 0 Å². The van der Waals surface area contributed by atoms with E-state index >= 15 is 0 Å². The van der Waals surface area contributed by atoms with Crippen molar-refractivity contribution in [1.82, 2.24) is 14.7 Å². The number of carbonyl (C=O) groups is 1. The van der Waals surface area contributed by atoms with Crippen LogP contribution in [0.4, 0.5) is 0 Å². The second-order valence-corrected chi connectivity index (χ2v) is 7.18. The van der Waals surface area contributed by atoms with E-state index in [9.17, 15) is 4.79 Å². The van der Waals surface area contributed by atoms with E-state index in [2.05, 4.69) is 5.10 Å². The average Bonchev–Trinajstić information content (AvgIpc) is 3.15. The van der Waals surface area contributed by atoms with E-state index in [-0.39, 0.29) is 5.91 Å². The number of aromatic nitrogens is 2. The molecule has 0 bridgehead atoms. The van der Waals surface area contributed by atoms with E-state index in [0.717, 1.165) is 33.9 Å². The molecule has 1 aromatic heterocycles. The molecule has 0 aliphatic carbocycles. The zero-order valence-electron chi connectivity index (χ0n) is 17.8. The molecular weight excluding hydrogens is 378 g/mol. The van der Waals surface area contributed by atoms with E-state index in [1.807, 2.05) is 68.7 Å². The minimum atomic E-state index is -0.0889. The first-order chi connectivity index (χ1) is 14.4. The van der Waals surface area contributed by atoms with Gasteiger partial charge in [-0.2, -0.15) is 5.10 Å². The first kappa shape index (κ1) is 21.2. The fourth-order valence-corrected chi connectivity index (χ4v) is 3.04. The SMILES string of the molecule is COc1ccc(/C=C/C(=O)N(C)Cc2ccn(C)n2)cc1COc1cccc(C)c1. The van der Waals surface area contributed by atoms with Crippen LogP contribution < -0.4 is 9.47 Å². The lowest BCUT2D eigenvalue weighted by Gasteiger charge is -2.13. The third kappa shape index (κ3) is 5.73. The summed E-state index contributed by atoms with van der Waals surface area (Å²) in [4.78, 5) is 14.1. The van der Waals surface area contributed by atoms with E-state index in [1.54, 1.807) is 35.9 Å². The summed E-state index contributed by atoms with van der Waals surface area (Å²) in [6.45, 7) is 2.87. The van der Waals surface area contributed by atoms with Crippen molar-refractivity contribution in [1.29, 1.82) is 0 Å². The van der Waals surface area contributed by atoms with Crippen molar-refractivity contribution in [2.45, 2.75) is 20.1 Å². The number of methoxy groups -OCH3 is 1. The fourth-order valence-electron chi connectivity index (χ4n) is 3.04. The highest BCUT2D eigenvalue weighted by Crippen LogP contribution is 2.23. The van der Waals surface area contributed by atoms with Gasteiger partial charge in [-0.05, 0) is 54.5 Å². The van der Waals surface area contributed by atoms with Crippen LogP contribution in [0, 0.1) is 6.92 Å². The van der Waals surface area contributed by atoms with Gasteiger partial charge in [0.25, 0.3) is 0 Å². The Kier molecular flexibility index (Phi) is 6.91. The van der Waals surface area contributed by atoms with Crippen LogP contribution in [0.3, 0.4) is 0 Å². The van der Waals surface area contributed by atoms with E-state index in [0.29, 0.717) is 13.2 Å². The molecule has 0 unspecified atom stereocenters. The van der Waals surface area contributed by atoms with Gasteiger partial charge in [0.05, 0.1) is 19.3 Å². The molecule has 156 valence electrons. The van der Waals surface area contributed by atoms with Crippen molar-refractivity contribution < 1.29 is 14.3 Å². The number of benzene rings is 2. The third-order valence-corrected chi connectivity index (χ3v) is 4.65. The summed E-state index contributed by atoms with van der Waals surface area (Å²) in [6, 6.07) is 15.6. The van der Waals surface area contributed by atoms with Crippen LogP contribution in [-0.4, -0.2) is 34.7 Å². The Morgan fingerprint density at radius 1 is 1.20 bits per heavy atom. The summed E-state index contributed by atoms with van der Waals surface area (Å²) in [5, 5.41) is 4.30. The molecule has 3 aromatic rings. The molecular formula is C24H27N3O3. The molecule has 30 heavy (non-hydrogen) atoms. The zero-order valence-corrected chi connectivity index (χ0v) is 17.8. The van der Waals surface area contributed by atoms with Crippen LogP contribution in [0.15, 0.2) is 60.8 Å². The van der Waals surface area contributed by atoms with Gasteiger partial charge < -0.3 is 14.4 Å². The lowest BCUT2D eigenvalue weighted by Crippen LogP contribution is -2.24. The second kappa shape index (κ2) is 9.78. The Morgan fingerprint density at radius 2 is 2.03 bits per heavy atom. The normalized spacial score (nSPS) is 10.9. The zero-order chi connectivity index (χ0) is 21.5. The summed E-state index contributed by atoms with van der Waals surface area (Å²) in [6.07, 6.45) is 5.23. The molecule has 0 fully saturated rings. The molecule has 0 saturated heterocycles. The molecule has 3 rings (SSSR count). The van der Waals surface area contributed by atoms with Crippen LogP contribution in [0.5, 0.6) is 11.5 Å². The summed E-state index contributed by atoms with van der Waals surface area (Å²) >= 11 is 0. The van der Waals surface area contributed by atoms with Crippen LogP contribution in [0.2, 0.25) is 0 Å². The van der Waals surface area contributed by atoms with Crippen molar-refractivity contribution in [2.75, 3.05) is 14.2 Å². The van der Waals surface area contributed by atoms with Gasteiger partial charge in [-0.3, -0.25) is 9.48 Å². The summed E-state index contributed by atoms with van der Waals surface area (Å²) in [5.74, 6) is 1.47. The molecule has 1 heterocycles.